The molecular formula is C8H13N3O2. The molecule has 0 aliphatic carbocycles. The second-order valence-corrected chi connectivity index (χ2v) is 2.74. The van der Waals surface area contributed by atoms with Crippen molar-refractivity contribution in [2.45, 2.75) is 26.4 Å². The Hall–Kier alpha value is -1.52. The van der Waals surface area contributed by atoms with Crippen molar-refractivity contribution in [3.8, 4) is 0 Å². The van der Waals surface area contributed by atoms with Gasteiger partial charge in [-0.05, 0) is 13.8 Å². The number of carboxylic acid groups (broad SMARTS) is 1. The number of imidazole rings is 1. The van der Waals surface area contributed by atoms with E-state index in [1.807, 2.05) is 11.5 Å². The van der Waals surface area contributed by atoms with Gasteiger partial charge in [-0.3, -0.25) is 4.79 Å². The van der Waals surface area contributed by atoms with Gasteiger partial charge in [0.05, 0.1) is 0 Å². The van der Waals surface area contributed by atoms with E-state index in [0.717, 1.165) is 6.54 Å². The SMILES string of the molecule is CCn1ccnc1NC(C)C(=O)O. The van der Waals surface area contributed by atoms with Crippen LogP contribution in [-0.4, -0.2) is 26.7 Å². The van der Waals surface area contributed by atoms with Gasteiger partial charge in [-0.1, -0.05) is 0 Å². The highest BCUT2D eigenvalue weighted by molar-refractivity contribution is 5.75. The maximum absolute atomic E-state index is 10.5. The summed E-state index contributed by atoms with van der Waals surface area (Å²) in [6.45, 7) is 4.32. The lowest BCUT2D eigenvalue weighted by molar-refractivity contribution is -0.137. The van der Waals surface area contributed by atoms with Crippen LogP contribution >= 0.6 is 0 Å². The minimum absolute atomic E-state index is 0.595. The average molecular weight is 183 g/mol. The molecular weight excluding hydrogens is 170 g/mol. The van der Waals surface area contributed by atoms with Crippen LogP contribution in [0.15, 0.2) is 12.4 Å². The normalized spacial score (nSPS) is 12.5. The molecule has 0 aliphatic rings. The third kappa shape index (κ3) is 2.21. The minimum atomic E-state index is -0.884. The van der Waals surface area contributed by atoms with Crippen molar-refractivity contribution in [2.24, 2.45) is 0 Å². The fraction of sp³-hybridized carbons (Fsp3) is 0.500. The third-order valence-electron chi connectivity index (χ3n) is 1.77. The predicted octanol–water partition coefficient (Wildman–Crippen LogP) is 0.788. The van der Waals surface area contributed by atoms with E-state index in [1.165, 1.54) is 0 Å². The number of hydrogen-bond acceptors (Lipinski definition) is 3. The van der Waals surface area contributed by atoms with Gasteiger partial charge in [0.15, 0.2) is 0 Å². The van der Waals surface area contributed by atoms with Crippen LogP contribution in [-0.2, 0) is 11.3 Å². The Labute approximate surface area is 76.4 Å². The Balaban J connectivity index is 2.68. The summed E-state index contributed by atoms with van der Waals surface area (Å²) in [6, 6.07) is -0.618. The second-order valence-electron chi connectivity index (χ2n) is 2.74. The molecule has 5 heteroatoms. The molecule has 0 saturated heterocycles. The van der Waals surface area contributed by atoms with E-state index in [2.05, 4.69) is 10.3 Å². The van der Waals surface area contributed by atoms with Gasteiger partial charge in [0, 0.05) is 18.9 Å². The first-order valence-corrected chi connectivity index (χ1v) is 4.15. The fourth-order valence-electron chi connectivity index (χ4n) is 0.960. The molecule has 5 nitrogen and oxygen atoms in total. The van der Waals surface area contributed by atoms with Gasteiger partial charge in [0.2, 0.25) is 5.95 Å². The Morgan fingerprint density at radius 2 is 2.54 bits per heavy atom. The molecule has 72 valence electrons. The summed E-state index contributed by atoms with van der Waals surface area (Å²) in [5.74, 6) is -0.289. The molecule has 0 aliphatic heterocycles. The summed E-state index contributed by atoms with van der Waals surface area (Å²) in [5, 5.41) is 11.4. The molecule has 13 heavy (non-hydrogen) atoms. The number of anilines is 1. The van der Waals surface area contributed by atoms with Crippen LogP contribution in [0, 0.1) is 0 Å². The number of aliphatic carboxylic acids is 1. The smallest absolute Gasteiger partial charge is 0.325 e. The van der Waals surface area contributed by atoms with Crippen LogP contribution in [0.4, 0.5) is 5.95 Å². The molecule has 1 rings (SSSR count). The van der Waals surface area contributed by atoms with Crippen molar-refractivity contribution in [2.75, 3.05) is 5.32 Å². The summed E-state index contributed by atoms with van der Waals surface area (Å²) in [5.41, 5.74) is 0. The van der Waals surface area contributed by atoms with E-state index in [1.54, 1.807) is 19.3 Å². The van der Waals surface area contributed by atoms with E-state index in [-0.39, 0.29) is 0 Å². The zero-order valence-electron chi connectivity index (χ0n) is 7.69. The zero-order chi connectivity index (χ0) is 9.84. The van der Waals surface area contributed by atoms with Crippen LogP contribution in [0.2, 0.25) is 0 Å². The number of nitrogens with zero attached hydrogens (tertiary/aromatic N) is 2. The third-order valence-corrected chi connectivity index (χ3v) is 1.77. The lowest BCUT2D eigenvalue weighted by atomic mass is 10.3. The van der Waals surface area contributed by atoms with E-state index in [4.69, 9.17) is 5.11 Å². The second kappa shape index (κ2) is 3.93. The molecule has 1 heterocycles. The molecule has 1 atom stereocenters. The van der Waals surface area contributed by atoms with Crippen molar-refractivity contribution in [3.63, 3.8) is 0 Å². The Bertz CT molecular complexity index is 295. The number of hydrogen-bond donors (Lipinski definition) is 2. The van der Waals surface area contributed by atoms with Crippen molar-refractivity contribution in [1.82, 2.24) is 9.55 Å². The van der Waals surface area contributed by atoms with E-state index in [0.29, 0.717) is 5.95 Å². The highest BCUT2D eigenvalue weighted by Crippen LogP contribution is 2.05. The van der Waals surface area contributed by atoms with Crippen LogP contribution in [0.1, 0.15) is 13.8 Å². The predicted molar refractivity (Wildman–Crippen MR) is 48.6 cm³/mol. The van der Waals surface area contributed by atoms with E-state index >= 15 is 0 Å². The van der Waals surface area contributed by atoms with Crippen molar-refractivity contribution >= 4 is 11.9 Å². The number of rotatable bonds is 4. The number of aromatic nitrogens is 2. The van der Waals surface area contributed by atoms with E-state index < -0.39 is 12.0 Å². The van der Waals surface area contributed by atoms with Crippen LogP contribution in [0.3, 0.4) is 0 Å². The van der Waals surface area contributed by atoms with Gasteiger partial charge in [0.25, 0.3) is 0 Å². The standard InChI is InChI=1S/C8H13N3O2/c1-3-11-5-4-9-8(11)10-6(2)7(12)13/h4-6H,3H2,1-2H3,(H,9,10)(H,12,13). The van der Waals surface area contributed by atoms with Gasteiger partial charge >= 0.3 is 5.97 Å². The van der Waals surface area contributed by atoms with Gasteiger partial charge in [-0.25, -0.2) is 4.98 Å². The maximum atomic E-state index is 10.5. The molecule has 0 amide bonds. The highest BCUT2D eigenvalue weighted by atomic mass is 16.4. The van der Waals surface area contributed by atoms with E-state index in [9.17, 15) is 4.79 Å². The Kier molecular flexibility index (Phi) is 2.89. The van der Waals surface area contributed by atoms with Gasteiger partial charge < -0.3 is 15.0 Å². The molecule has 0 saturated carbocycles. The molecule has 1 unspecified atom stereocenters. The Morgan fingerprint density at radius 1 is 1.85 bits per heavy atom. The first-order valence-electron chi connectivity index (χ1n) is 4.15. The van der Waals surface area contributed by atoms with Crippen LogP contribution in [0.25, 0.3) is 0 Å². The highest BCUT2D eigenvalue weighted by Gasteiger charge is 2.12. The van der Waals surface area contributed by atoms with Crippen LogP contribution < -0.4 is 5.32 Å². The largest absolute Gasteiger partial charge is 0.480 e. The first kappa shape index (κ1) is 9.57. The summed E-state index contributed by atoms with van der Waals surface area (Å²) in [6.07, 6.45) is 3.44. The monoisotopic (exact) mass is 183 g/mol. The summed E-state index contributed by atoms with van der Waals surface area (Å²) < 4.78 is 1.85. The quantitative estimate of drug-likeness (QED) is 0.724. The summed E-state index contributed by atoms with van der Waals surface area (Å²) >= 11 is 0. The molecule has 2 N–H and O–H groups in total. The first-order chi connectivity index (χ1) is 6.15. The fourth-order valence-corrected chi connectivity index (χ4v) is 0.960. The van der Waals surface area contributed by atoms with Gasteiger partial charge in [-0.15, -0.1) is 0 Å². The zero-order valence-corrected chi connectivity index (χ0v) is 7.69. The van der Waals surface area contributed by atoms with Crippen molar-refractivity contribution in [3.05, 3.63) is 12.4 Å². The number of nitrogens with one attached hydrogen (secondary N) is 1. The van der Waals surface area contributed by atoms with Crippen molar-refractivity contribution < 1.29 is 9.90 Å². The number of carboxylic acids is 1. The molecule has 0 aromatic carbocycles. The lowest BCUT2D eigenvalue weighted by Crippen LogP contribution is -2.27. The van der Waals surface area contributed by atoms with Gasteiger partial charge in [-0.2, -0.15) is 0 Å². The summed E-state index contributed by atoms with van der Waals surface area (Å²) in [7, 11) is 0. The summed E-state index contributed by atoms with van der Waals surface area (Å²) in [4.78, 5) is 14.5. The molecule has 1 aromatic heterocycles. The number of aryl methyl sites for hydroxylation is 1. The molecule has 1 aromatic rings. The Morgan fingerprint density at radius 3 is 3.08 bits per heavy atom. The minimum Gasteiger partial charge on any atom is -0.480 e. The molecule has 0 fully saturated rings. The topological polar surface area (TPSA) is 67.2 Å². The van der Waals surface area contributed by atoms with Gasteiger partial charge in [0.1, 0.15) is 6.04 Å². The molecule has 0 radical (unpaired) electrons. The number of carbonyl (C=O) groups is 1. The molecule has 0 spiro atoms. The average Bonchev–Trinajstić information content (AvgIpc) is 2.51. The molecule has 0 bridgehead atoms. The lowest BCUT2D eigenvalue weighted by Gasteiger charge is -2.10. The maximum Gasteiger partial charge on any atom is 0.325 e. The van der Waals surface area contributed by atoms with Crippen LogP contribution in [0.5, 0.6) is 0 Å². The van der Waals surface area contributed by atoms with Crippen molar-refractivity contribution in [1.29, 1.82) is 0 Å².